The summed E-state index contributed by atoms with van der Waals surface area (Å²) in [4.78, 5) is 3.85. The molecule has 1 rings (SSSR count). The number of anilines is 2. The maximum atomic E-state index is 13.6. The van der Waals surface area contributed by atoms with Gasteiger partial charge in [0.1, 0.15) is 0 Å². The number of hydrogen-bond acceptors (Lipinski definition) is 4. The number of hydrogen-bond donors (Lipinski definition) is 3. The molecule has 0 aliphatic rings. The van der Waals surface area contributed by atoms with Crippen LogP contribution in [0.4, 0.5) is 20.4 Å². The molecule has 4 nitrogen and oxygen atoms in total. The molecule has 1 atom stereocenters. The summed E-state index contributed by atoms with van der Waals surface area (Å²) in [6.07, 6.45) is -0.716. The van der Waals surface area contributed by atoms with E-state index in [1.807, 2.05) is 0 Å². The van der Waals surface area contributed by atoms with Crippen LogP contribution in [0.1, 0.15) is 27.7 Å². The number of aliphatic hydroxyl groups is 1. The Morgan fingerprint density at radius 1 is 1.33 bits per heavy atom. The van der Waals surface area contributed by atoms with E-state index in [2.05, 4.69) is 15.6 Å². The number of pyridine rings is 1. The van der Waals surface area contributed by atoms with Crippen molar-refractivity contribution in [1.82, 2.24) is 4.98 Å². The van der Waals surface area contributed by atoms with Crippen LogP contribution in [-0.2, 0) is 0 Å². The summed E-state index contributed by atoms with van der Waals surface area (Å²) in [5.74, 6) is -1.63. The second-order valence-corrected chi connectivity index (χ2v) is 4.70. The molecule has 1 aromatic heterocycles. The molecule has 1 heterocycles. The second-order valence-electron chi connectivity index (χ2n) is 4.70. The van der Waals surface area contributed by atoms with Gasteiger partial charge in [0.15, 0.2) is 23.3 Å². The van der Waals surface area contributed by atoms with E-state index in [-0.39, 0.29) is 11.6 Å². The maximum absolute atomic E-state index is 13.6. The number of nitrogens with one attached hydrogen (secondary N) is 2. The molecule has 0 aliphatic heterocycles. The fraction of sp³-hybridized carbons (Fsp3) is 0.583. The van der Waals surface area contributed by atoms with Crippen LogP contribution in [0.3, 0.4) is 0 Å². The van der Waals surface area contributed by atoms with Crippen molar-refractivity contribution in [2.24, 2.45) is 0 Å². The van der Waals surface area contributed by atoms with Gasteiger partial charge in [-0.05, 0) is 27.7 Å². The second kappa shape index (κ2) is 5.48. The number of aliphatic hydroxyl groups excluding tert-OH is 1. The topological polar surface area (TPSA) is 57.2 Å². The van der Waals surface area contributed by atoms with Crippen LogP contribution in [0.25, 0.3) is 0 Å². The van der Waals surface area contributed by atoms with Crippen LogP contribution in [0, 0.1) is 11.6 Å². The van der Waals surface area contributed by atoms with E-state index in [9.17, 15) is 13.9 Å². The minimum Gasteiger partial charge on any atom is -0.391 e. The molecule has 0 spiro atoms. The summed E-state index contributed by atoms with van der Waals surface area (Å²) in [6, 6.07) is 0.769. The standard InChI is InChI=1S/C12H19F2N3O/c1-5-15-10-8(13)6-9(14)11(16-10)17-12(3,4)7(2)18/h6-7,18H,5H2,1-4H3,(H2,15,16,17). The van der Waals surface area contributed by atoms with Gasteiger partial charge in [-0.1, -0.05) is 0 Å². The highest BCUT2D eigenvalue weighted by molar-refractivity contribution is 5.48. The first kappa shape index (κ1) is 14.6. The molecule has 0 bridgehead atoms. The third-order valence-corrected chi connectivity index (χ3v) is 2.76. The molecular formula is C12H19F2N3O. The fourth-order valence-corrected chi connectivity index (χ4v) is 1.26. The normalized spacial score (nSPS) is 13.3. The summed E-state index contributed by atoms with van der Waals surface area (Å²) in [6.45, 7) is 7.26. The number of halogens is 2. The molecule has 0 amide bonds. The van der Waals surface area contributed by atoms with Gasteiger partial charge in [0.25, 0.3) is 0 Å². The van der Waals surface area contributed by atoms with E-state index in [0.29, 0.717) is 6.54 Å². The molecular weight excluding hydrogens is 240 g/mol. The Morgan fingerprint density at radius 3 is 2.39 bits per heavy atom. The van der Waals surface area contributed by atoms with Crippen molar-refractivity contribution in [2.45, 2.75) is 39.3 Å². The molecule has 0 fully saturated rings. The molecule has 102 valence electrons. The highest BCUT2D eigenvalue weighted by Gasteiger charge is 2.26. The SMILES string of the molecule is CCNc1nc(NC(C)(C)C(C)O)c(F)cc1F. The van der Waals surface area contributed by atoms with Gasteiger partial charge in [-0.3, -0.25) is 0 Å². The van der Waals surface area contributed by atoms with E-state index < -0.39 is 23.3 Å². The molecule has 0 aromatic carbocycles. The van der Waals surface area contributed by atoms with Crippen molar-refractivity contribution >= 4 is 11.6 Å². The van der Waals surface area contributed by atoms with Crippen LogP contribution in [0.2, 0.25) is 0 Å². The molecule has 0 aliphatic carbocycles. The molecule has 18 heavy (non-hydrogen) atoms. The first-order chi connectivity index (χ1) is 8.27. The Labute approximate surface area is 105 Å². The van der Waals surface area contributed by atoms with Gasteiger partial charge in [-0.25, -0.2) is 13.8 Å². The summed E-state index contributed by atoms with van der Waals surface area (Å²) in [5, 5.41) is 15.0. The number of rotatable bonds is 5. The lowest BCUT2D eigenvalue weighted by Gasteiger charge is -2.30. The van der Waals surface area contributed by atoms with Crippen molar-refractivity contribution in [3.63, 3.8) is 0 Å². The lowest BCUT2D eigenvalue weighted by atomic mass is 9.99. The van der Waals surface area contributed by atoms with E-state index in [1.54, 1.807) is 27.7 Å². The van der Waals surface area contributed by atoms with E-state index in [0.717, 1.165) is 6.07 Å². The first-order valence-corrected chi connectivity index (χ1v) is 5.84. The van der Waals surface area contributed by atoms with E-state index in [4.69, 9.17) is 0 Å². The summed E-state index contributed by atoms with van der Waals surface area (Å²) < 4.78 is 27.0. The van der Waals surface area contributed by atoms with Gasteiger partial charge in [0.2, 0.25) is 0 Å². The molecule has 6 heteroatoms. The highest BCUT2D eigenvalue weighted by atomic mass is 19.1. The molecule has 0 saturated carbocycles. The Balaban J connectivity index is 3.05. The lowest BCUT2D eigenvalue weighted by Crippen LogP contribution is -2.42. The summed E-state index contributed by atoms with van der Waals surface area (Å²) in [7, 11) is 0. The quantitative estimate of drug-likeness (QED) is 0.760. The van der Waals surface area contributed by atoms with E-state index >= 15 is 0 Å². The smallest absolute Gasteiger partial charge is 0.168 e. The first-order valence-electron chi connectivity index (χ1n) is 5.84. The fourth-order valence-electron chi connectivity index (χ4n) is 1.26. The van der Waals surface area contributed by atoms with Crippen molar-refractivity contribution in [3.05, 3.63) is 17.7 Å². The number of nitrogens with zero attached hydrogens (tertiary/aromatic N) is 1. The average Bonchev–Trinajstić information content (AvgIpc) is 2.24. The van der Waals surface area contributed by atoms with Crippen LogP contribution in [0.5, 0.6) is 0 Å². The number of aromatic nitrogens is 1. The highest BCUT2D eigenvalue weighted by Crippen LogP contribution is 2.23. The van der Waals surface area contributed by atoms with E-state index in [1.165, 1.54) is 0 Å². The van der Waals surface area contributed by atoms with Crippen molar-refractivity contribution in [2.75, 3.05) is 17.2 Å². The van der Waals surface area contributed by atoms with Crippen LogP contribution in [-0.4, -0.2) is 28.3 Å². The van der Waals surface area contributed by atoms with Gasteiger partial charge in [0, 0.05) is 12.6 Å². The molecule has 0 saturated heterocycles. The zero-order valence-corrected chi connectivity index (χ0v) is 11.0. The zero-order chi connectivity index (χ0) is 13.9. The summed E-state index contributed by atoms with van der Waals surface area (Å²) >= 11 is 0. The zero-order valence-electron chi connectivity index (χ0n) is 11.0. The summed E-state index contributed by atoms with van der Waals surface area (Å²) in [5.41, 5.74) is -0.769. The predicted molar refractivity (Wildman–Crippen MR) is 67.7 cm³/mol. The largest absolute Gasteiger partial charge is 0.391 e. The Bertz CT molecular complexity index is 422. The molecule has 3 N–H and O–H groups in total. The molecule has 1 unspecified atom stereocenters. The van der Waals surface area contributed by atoms with Gasteiger partial charge in [-0.15, -0.1) is 0 Å². The van der Waals surface area contributed by atoms with Crippen molar-refractivity contribution in [1.29, 1.82) is 0 Å². The molecule has 1 aromatic rings. The van der Waals surface area contributed by atoms with Gasteiger partial charge < -0.3 is 15.7 Å². The monoisotopic (exact) mass is 259 g/mol. The minimum atomic E-state index is -0.789. The predicted octanol–water partition coefficient (Wildman–Crippen LogP) is 2.36. The Morgan fingerprint density at radius 2 is 1.89 bits per heavy atom. The third-order valence-electron chi connectivity index (χ3n) is 2.76. The van der Waals surface area contributed by atoms with Crippen LogP contribution >= 0.6 is 0 Å². The average molecular weight is 259 g/mol. The van der Waals surface area contributed by atoms with Gasteiger partial charge >= 0.3 is 0 Å². The van der Waals surface area contributed by atoms with Gasteiger partial charge in [-0.2, -0.15) is 0 Å². The van der Waals surface area contributed by atoms with Gasteiger partial charge in [0.05, 0.1) is 11.6 Å². The maximum Gasteiger partial charge on any atom is 0.168 e. The Kier molecular flexibility index (Phi) is 4.45. The molecule has 0 radical (unpaired) electrons. The van der Waals surface area contributed by atoms with Crippen molar-refractivity contribution < 1.29 is 13.9 Å². The minimum absolute atomic E-state index is 0.0113. The van der Waals surface area contributed by atoms with Crippen LogP contribution < -0.4 is 10.6 Å². The Hall–Kier alpha value is -1.43. The van der Waals surface area contributed by atoms with Crippen LogP contribution in [0.15, 0.2) is 6.07 Å². The third kappa shape index (κ3) is 3.29. The van der Waals surface area contributed by atoms with Crippen molar-refractivity contribution in [3.8, 4) is 0 Å². The lowest BCUT2D eigenvalue weighted by molar-refractivity contribution is 0.132.